The molecule has 1 heterocycles. The van der Waals surface area contributed by atoms with Gasteiger partial charge < -0.3 is 14.8 Å². The van der Waals surface area contributed by atoms with Gasteiger partial charge >= 0.3 is 0 Å². The van der Waals surface area contributed by atoms with Crippen molar-refractivity contribution >= 4 is 5.91 Å². The first-order chi connectivity index (χ1) is 9.72. The fraction of sp³-hybridized carbons (Fsp3) is 0.200. The number of ether oxygens (including phenoxy) is 2. The zero-order chi connectivity index (χ0) is 14.4. The molecular weight excluding hydrogens is 256 g/mol. The number of pyridine rings is 1. The van der Waals surface area contributed by atoms with Crippen molar-refractivity contribution < 1.29 is 14.3 Å². The number of carbonyl (C=O) groups is 1. The Labute approximate surface area is 117 Å². The third-order valence-corrected chi connectivity index (χ3v) is 2.82. The molecule has 0 fully saturated rings. The van der Waals surface area contributed by atoms with Gasteiger partial charge in [0.1, 0.15) is 5.75 Å². The Balaban J connectivity index is 1.97. The van der Waals surface area contributed by atoms with Gasteiger partial charge in [-0.1, -0.05) is 12.1 Å². The number of aromatic nitrogens is 1. The van der Waals surface area contributed by atoms with Crippen LogP contribution >= 0.6 is 0 Å². The van der Waals surface area contributed by atoms with Crippen LogP contribution in [0.2, 0.25) is 0 Å². The zero-order valence-corrected chi connectivity index (χ0v) is 11.4. The van der Waals surface area contributed by atoms with Crippen molar-refractivity contribution in [3.8, 4) is 11.6 Å². The van der Waals surface area contributed by atoms with Crippen LogP contribution in [0.4, 0.5) is 0 Å². The summed E-state index contributed by atoms with van der Waals surface area (Å²) in [5.41, 5.74) is 1.52. The van der Waals surface area contributed by atoms with Gasteiger partial charge in [0.15, 0.2) is 0 Å². The van der Waals surface area contributed by atoms with E-state index >= 15 is 0 Å². The standard InChI is InChI=1S/C15H16N2O3/c1-19-13-5-3-11(4-6-13)10-17-15(18)12-7-8-16-14(9-12)20-2/h3-9H,10H2,1-2H3,(H,17,18). The van der Waals surface area contributed by atoms with E-state index in [1.54, 1.807) is 25.4 Å². The van der Waals surface area contributed by atoms with Gasteiger partial charge in [0.25, 0.3) is 5.91 Å². The molecule has 0 aliphatic heterocycles. The predicted molar refractivity (Wildman–Crippen MR) is 75.0 cm³/mol. The first kappa shape index (κ1) is 13.9. The Kier molecular flexibility index (Phi) is 4.55. The fourth-order valence-electron chi connectivity index (χ4n) is 1.69. The van der Waals surface area contributed by atoms with Crippen LogP contribution in [0.1, 0.15) is 15.9 Å². The molecule has 104 valence electrons. The summed E-state index contributed by atoms with van der Waals surface area (Å²) in [5, 5.41) is 2.84. The smallest absolute Gasteiger partial charge is 0.251 e. The lowest BCUT2D eigenvalue weighted by Gasteiger charge is -2.07. The van der Waals surface area contributed by atoms with E-state index < -0.39 is 0 Å². The fourth-order valence-corrected chi connectivity index (χ4v) is 1.69. The summed E-state index contributed by atoms with van der Waals surface area (Å²) in [4.78, 5) is 16.0. The van der Waals surface area contributed by atoms with E-state index in [9.17, 15) is 4.79 Å². The molecule has 5 nitrogen and oxygen atoms in total. The Morgan fingerprint density at radius 1 is 1.15 bits per heavy atom. The maximum atomic E-state index is 12.0. The molecule has 1 aromatic carbocycles. The number of methoxy groups -OCH3 is 2. The molecule has 2 rings (SSSR count). The molecule has 0 aliphatic rings. The van der Waals surface area contributed by atoms with Crippen molar-refractivity contribution in [1.82, 2.24) is 10.3 Å². The maximum absolute atomic E-state index is 12.0. The minimum atomic E-state index is -0.165. The predicted octanol–water partition coefficient (Wildman–Crippen LogP) is 2.03. The third kappa shape index (κ3) is 3.47. The monoisotopic (exact) mass is 272 g/mol. The summed E-state index contributed by atoms with van der Waals surface area (Å²) in [6, 6.07) is 10.8. The van der Waals surface area contributed by atoms with E-state index in [2.05, 4.69) is 10.3 Å². The highest BCUT2D eigenvalue weighted by Crippen LogP contribution is 2.12. The molecule has 0 atom stereocenters. The van der Waals surface area contributed by atoms with Gasteiger partial charge in [-0.2, -0.15) is 0 Å². The Morgan fingerprint density at radius 3 is 2.55 bits per heavy atom. The summed E-state index contributed by atoms with van der Waals surface area (Å²) < 4.78 is 10.1. The number of nitrogens with one attached hydrogen (secondary N) is 1. The quantitative estimate of drug-likeness (QED) is 0.904. The topological polar surface area (TPSA) is 60.5 Å². The van der Waals surface area contributed by atoms with Gasteiger partial charge in [-0.25, -0.2) is 4.98 Å². The van der Waals surface area contributed by atoms with Crippen LogP contribution in [0, 0.1) is 0 Å². The van der Waals surface area contributed by atoms with Crippen LogP contribution in [0.15, 0.2) is 42.6 Å². The summed E-state index contributed by atoms with van der Waals surface area (Å²) in [7, 11) is 3.13. The molecule has 20 heavy (non-hydrogen) atoms. The summed E-state index contributed by atoms with van der Waals surface area (Å²) in [5.74, 6) is 1.04. The van der Waals surface area contributed by atoms with E-state index in [4.69, 9.17) is 9.47 Å². The average molecular weight is 272 g/mol. The number of carbonyl (C=O) groups excluding carboxylic acids is 1. The zero-order valence-electron chi connectivity index (χ0n) is 11.4. The van der Waals surface area contributed by atoms with E-state index in [-0.39, 0.29) is 5.91 Å². The van der Waals surface area contributed by atoms with Crippen molar-refractivity contribution in [2.24, 2.45) is 0 Å². The van der Waals surface area contributed by atoms with Crippen LogP contribution in [0.3, 0.4) is 0 Å². The molecule has 5 heteroatoms. The molecule has 0 bridgehead atoms. The van der Waals surface area contributed by atoms with Crippen molar-refractivity contribution in [2.45, 2.75) is 6.54 Å². The first-order valence-electron chi connectivity index (χ1n) is 6.14. The molecule has 0 spiro atoms. The SMILES string of the molecule is COc1ccc(CNC(=O)c2ccnc(OC)c2)cc1. The Morgan fingerprint density at radius 2 is 1.90 bits per heavy atom. The van der Waals surface area contributed by atoms with E-state index in [1.807, 2.05) is 24.3 Å². The molecule has 2 aromatic rings. The molecule has 0 saturated carbocycles. The van der Waals surface area contributed by atoms with E-state index in [1.165, 1.54) is 7.11 Å². The van der Waals surface area contributed by atoms with Crippen LogP contribution in [0.25, 0.3) is 0 Å². The van der Waals surface area contributed by atoms with E-state index in [0.717, 1.165) is 11.3 Å². The Bertz CT molecular complexity index is 582. The normalized spacial score (nSPS) is 9.90. The second kappa shape index (κ2) is 6.56. The summed E-state index contributed by atoms with van der Waals surface area (Å²) in [6.07, 6.45) is 1.54. The lowest BCUT2D eigenvalue weighted by atomic mass is 10.2. The molecule has 0 aliphatic carbocycles. The minimum absolute atomic E-state index is 0.165. The van der Waals surface area contributed by atoms with Crippen LogP contribution in [-0.4, -0.2) is 25.1 Å². The van der Waals surface area contributed by atoms with Gasteiger partial charge in [0, 0.05) is 24.4 Å². The van der Waals surface area contributed by atoms with Crippen molar-refractivity contribution in [2.75, 3.05) is 14.2 Å². The van der Waals surface area contributed by atoms with Crippen molar-refractivity contribution in [1.29, 1.82) is 0 Å². The van der Waals surface area contributed by atoms with Gasteiger partial charge in [-0.05, 0) is 23.8 Å². The number of rotatable bonds is 5. The van der Waals surface area contributed by atoms with Gasteiger partial charge in [0.2, 0.25) is 5.88 Å². The van der Waals surface area contributed by atoms with Gasteiger partial charge in [-0.3, -0.25) is 4.79 Å². The molecule has 1 N–H and O–H groups in total. The molecule has 1 amide bonds. The molecule has 0 unspecified atom stereocenters. The molecule has 0 saturated heterocycles. The summed E-state index contributed by atoms with van der Waals surface area (Å²) >= 11 is 0. The minimum Gasteiger partial charge on any atom is -0.497 e. The van der Waals surface area contributed by atoms with Crippen LogP contribution < -0.4 is 14.8 Å². The van der Waals surface area contributed by atoms with Gasteiger partial charge in [-0.15, -0.1) is 0 Å². The largest absolute Gasteiger partial charge is 0.497 e. The highest BCUT2D eigenvalue weighted by molar-refractivity contribution is 5.94. The summed E-state index contributed by atoms with van der Waals surface area (Å²) in [6.45, 7) is 0.452. The maximum Gasteiger partial charge on any atom is 0.251 e. The lowest BCUT2D eigenvalue weighted by molar-refractivity contribution is 0.0950. The number of benzene rings is 1. The second-order valence-corrected chi connectivity index (χ2v) is 4.12. The lowest BCUT2D eigenvalue weighted by Crippen LogP contribution is -2.22. The first-order valence-corrected chi connectivity index (χ1v) is 6.14. The molecule has 0 radical (unpaired) electrons. The molecular formula is C15H16N2O3. The number of amides is 1. The highest BCUT2D eigenvalue weighted by Gasteiger charge is 2.06. The van der Waals surface area contributed by atoms with Crippen LogP contribution in [-0.2, 0) is 6.54 Å². The van der Waals surface area contributed by atoms with E-state index in [0.29, 0.717) is 18.0 Å². The Hall–Kier alpha value is -2.56. The second-order valence-electron chi connectivity index (χ2n) is 4.12. The van der Waals surface area contributed by atoms with Crippen molar-refractivity contribution in [3.63, 3.8) is 0 Å². The third-order valence-electron chi connectivity index (χ3n) is 2.82. The highest BCUT2D eigenvalue weighted by atomic mass is 16.5. The van der Waals surface area contributed by atoms with Crippen molar-refractivity contribution in [3.05, 3.63) is 53.7 Å². The van der Waals surface area contributed by atoms with Gasteiger partial charge in [0.05, 0.1) is 14.2 Å². The average Bonchev–Trinajstić information content (AvgIpc) is 2.53. The number of hydrogen-bond acceptors (Lipinski definition) is 4. The number of nitrogens with zero attached hydrogens (tertiary/aromatic N) is 1. The molecule has 1 aromatic heterocycles. The van der Waals surface area contributed by atoms with Crippen LogP contribution in [0.5, 0.6) is 11.6 Å². The number of hydrogen-bond donors (Lipinski definition) is 1.